The number of thiazole rings is 1. The summed E-state index contributed by atoms with van der Waals surface area (Å²) in [6, 6.07) is 4.62. The van der Waals surface area contributed by atoms with E-state index in [2.05, 4.69) is 15.6 Å². The summed E-state index contributed by atoms with van der Waals surface area (Å²) in [6.07, 6.45) is 1.63. The molecular formula is C12H11Cl2N3OS. The van der Waals surface area contributed by atoms with Crippen molar-refractivity contribution in [3.8, 4) is 0 Å². The molecule has 100 valence electrons. The Hall–Kier alpha value is -1.30. The van der Waals surface area contributed by atoms with Crippen molar-refractivity contribution >= 4 is 51.3 Å². The summed E-state index contributed by atoms with van der Waals surface area (Å²) in [7, 11) is 0. The molecular weight excluding hydrogens is 305 g/mol. The van der Waals surface area contributed by atoms with Crippen LogP contribution in [0.15, 0.2) is 29.8 Å². The van der Waals surface area contributed by atoms with Crippen LogP contribution < -0.4 is 10.6 Å². The van der Waals surface area contributed by atoms with E-state index in [0.717, 1.165) is 0 Å². The molecule has 2 N–H and O–H groups in total. The van der Waals surface area contributed by atoms with E-state index in [1.54, 1.807) is 36.7 Å². The van der Waals surface area contributed by atoms with Crippen LogP contribution in [0.1, 0.15) is 6.92 Å². The minimum absolute atomic E-state index is 0.175. The zero-order valence-electron chi connectivity index (χ0n) is 9.98. The van der Waals surface area contributed by atoms with E-state index in [4.69, 9.17) is 23.2 Å². The maximum atomic E-state index is 11.9. The van der Waals surface area contributed by atoms with Gasteiger partial charge in [-0.05, 0) is 25.1 Å². The van der Waals surface area contributed by atoms with Crippen molar-refractivity contribution in [2.24, 2.45) is 0 Å². The molecule has 0 aliphatic heterocycles. The van der Waals surface area contributed by atoms with Crippen molar-refractivity contribution in [3.63, 3.8) is 0 Å². The molecule has 1 aromatic carbocycles. The minimum Gasteiger partial charge on any atom is -0.374 e. The molecule has 0 spiro atoms. The van der Waals surface area contributed by atoms with Gasteiger partial charge < -0.3 is 10.6 Å². The fraction of sp³-hybridized carbons (Fsp3) is 0.167. The molecule has 0 saturated heterocycles. The Morgan fingerprint density at radius 1 is 1.32 bits per heavy atom. The lowest BCUT2D eigenvalue weighted by Crippen LogP contribution is -2.31. The van der Waals surface area contributed by atoms with Crippen LogP contribution >= 0.6 is 34.5 Å². The molecule has 2 rings (SSSR count). The second-order valence-electron chi connectivity index (χ2n) is 3.85. The van der Waals surface area contributed by atoms with Crippen LogP contribution in [-0.4, -0.2) is 16.9 Å². The first kappa shape index (κ1) is 14.1. The third-order valence-corrected chi connectivity index (χ3v) is 3.43. The third-order valence-electron chi connectivity index (χ3n) is 2.30. The average molecular weight is 316 g/mol. The summed E-state index contributed by atoms with van der Waals surface area (Å²) in [5.74, 6) is -0.175. The monoisotopic (exact) mass is 315 g/mol. The molecule has 7 heteroatoms. The van der Waals surface area contributed by atoms with Crippen molar-refractivity contribution in [2.45, 2.75) is 13.0 Å². The SMILES string of the molecule is C[C@@H](Nc1cc(Cl)cc(Cl)c1)C(=O)Nc1nccs1. The lowest BCUT2D eigenvalue weighted by Gasteiger charge is -2.14. The molecule has 0 aliphatic rings. The highest BCUT2D eigenvalue weighted by Gasteiger charge is 2.14. The summed E-state index contributed by atoms with van der Waals surface area (Å²) >= 11 is 13.2. The van der Waals surface area contributed by atoms with Crippen LogP contribution in [0.4, 0.5) is 10.8 Å². The van der Waals surface area contributed by atoms with Gasteiger partial charge in [0.25, 0.3) is 0 Å². The van der Waals surface area contributed by atoms with Gasteiger partial charge in [0.05, 0.1) is 0 Å². The van der Waals surface area contributed by atoms with Gasteiger partial charge in [0.1, 0.15) is 6.04 Å². The number of benzene rings is 1. The third kappa shape index (κ3) is 4.09. The van der Waals surface area contributed by atoms with E-state index in [9.17, 15) is 4.79 Å². The molecule has 0 fully saturated rings. The van der Waals surface area contributed by atoms with Crippen LogP contribution in [0.5, 0.6) is 0 Å². The van der Waals surface area contributed by atoms with E-state index in [1.165, 1.54) is 11.3 Å². The van der Waals surface area contributed by atoms with E-state index < -0.39 is 6.04 Å². The van der Waals surface area contributed by atoms with Crippen molar-refractivity contribution in [1.29, 1.82) is 0 Å². The highest BCUT2D eigenvalue weighted by molar-refractivity contribution is 7.13. The van der Waals surface area contributed by atoms with Gasteiger partial charge in [-0.25, -0.2) is 4.98 Å². The predicted octanol–water partition coefficient (Wildman–Crippen LogP) is 3.89. The number of anilines is 2. The van der Waals surface area contributed by atoms with Crippen molar-refractivity contribution in [3.05, 3.63) is 39.8 Å². The Kier molecular flexibility index (Phi) is 4.63. The number of nitrogens with zero attached hydrogens (tertiary/aromatic N) is 1. The maximum Gasteiger partial charge on any atom is 0.248 e. The Bertz CT molecular complexity index is 554. The first-order chi connectivity index (χ1) is 9.04. The molecule has 0 bridgehead atoms. The van der Waals surface area contributed by atoms with Gasteiger partial charge in [-0.3, -0.25) is 4.79 Å². The quantitative estimate of drug-likeness (QED) is 0.900. The number of carbonyl (C=O) groups excluding carboxylic acids is 1. The second-order valence-corrected chi connectivity index (χ2v) is 5.62. The minimum atomic E-state index is -0.432. The number of rotatable bonds is 4. The summed E-state index contributed by atoms with van der Waals surface area (Å²) in [4.78, 5) is 15.9. The van der Waals surface area contributed by atoms with Crippen LogP contribution in [-0.2, 0) is 4.79 Å². The van der Waals surface area contributed by atoms with Gasteiger partial charge in [-0.15, -0.1) is 11.3 Å². The zero-order chi connectivity index (χ0) is 13.8. The van der Waals surface area contributed by atoms with E-state index in [-0.39, 0.29) is 5.91 Å². The molecule has 1 heterocycles. The van der Waals surface area contributed by atoms with Crippen molar-refractivity contribution in [1.82, 2.24) is 4.98 Å². The van der Waals surface area contributed by atoms with Crippen LogP contribution in [0.3, 0.4) is 0 Å². The highest BCUT2D eigenvalue weighted by Crippen LogP contribution is 2.23. The number of hydrogen-bond donors (Lipinski definition) is 2. The Morgan fingerprint density at radius 3 is 2.58 bits per heavy atom. The standard InChI is InChI=1S/C12H11Cl2N3OS/c1-7(11(18)17-12-15-2-3-19-12)16-10-5-8(13)4-9(14)6-10/h2-7,16H,1H3,(H,15,17,18)/t7-/m1/s1. The molecule has 0 unspecified atom stereocenters. The number of hydrogen-bond acceptors (Lipinski definition) is 4. The molecule has 1 amide bonds. The van der Waals surface area contributed by atoms with Gasteiger partial charge in [0.2, 0.25) is 5.91 Å². The van der Waals surface area contributed by atoms with E-state index >= 15 is 0 Å². The molecule has 2 aromatic rings. The number of halogens is 2. The van der Waals surface area contributed by atoms with Gasteiger partial charge in [-0.1, -0.05) is 23.2 Å². The fourth-order valence-corrected chi connectivity index (χ4v) is 2.51. The average Bonchev–Trinajstić information content (AvgIpc) is 2.80. The first-order valence-corrected chi connectivity index (χ1v) is 7.11. The number of aromatic nitrogens is 1. The van der Waals surface area contributed by atoms with Gasteiger partial charge >= 0.3 is 0 Å². The van der Waals surface area contributed by atoms with Gasteiger partial charge in [-0.2, -0.15) is 0 Å². The van der Waals surface area contributed by atoms with E-state index in [0.29, 0.717) is 20.9 Å². The molecule has 19 heavy (non-hydrogen) atoms. The van der Waals surface area contributed by atoms with Crippen LogP contribution in [0.25, 0.3) is 0 Å². The Morgan fingerprint density at radius 2 is 2.00 bits per heavy atom. The molecule has 0 saturated carbocycles. The van der Waals surface area contributed by atoms with Crippen molar-refractivity contribution < 1.29 is 4.79 Å². The molecule has 4 nitrogen and oxygen atoms in total. The Labute approximate surface area is 124 Å². The summed E-state index contributed by atoms with van der Waals surface area (Å²) in [5, 5.41) is 9.14. The summed E-state index contributed by atoms with van der Waals surface area (Å²) in [5.41, 5.74) is 0.694. The molecule has 1 aromatic heterocycles. The topological polar surface area (TPSA) is 54.0 Å². The molecule has 0 aliphatic carbocycles. The Balaban J connectivity index is 2.00. The van der Waals surface area contributed by atoms with Crippen LogP contribution in [0, 0.1) is 0 Å². The summed E-state index contributed by atoms with van der Waals surface area (Å²) in [6.45, 7) is 1.75. The number of carbonyl (C=O) groups is 1. The predicted molar refractivity (Wildman–Crippen MR) is 80.3 cm³/mol. The van der Waals surface area contributed by atoms with Gasteiger partial charge in [0.15, 0.2) is 5.13 Å². The zero-order valence-corrected chi connectivity index (χ0v) is 12.3. The summed E-state index contributed by atoms with van der Waals surface area (Å²) < 4.78 is 0. The van der Waals surface area contributed by atoms with Gasteiger partial charge in [0, 0.05) is 27.3 Å². The molecule has 1 atom stereocenters. The lowest BCUT2D eigenvalue weighted by atomic mass is 10.2. The molecule has 0 radical (unpaired) electrons. The first-order valence-electron chi connectivity index (χ1n) is 5.47. The maximum absolute atomic E-state index is 11.9. The number of nitrogens with one attached hydrogen (secondary N) is 2. The second kappa shape index (κ2) is 6.23. The highest BCUT2D eigenvalue weighted by atomic mass is 35.5. The smallest absolute Gasteiger partial charge is 0.248 e. The largest absolute Gasteiger partial charge is 0.374 e. The lowest BCUT2D eigenvalue weighted by molar-refractivity contribution is -0.116. The normalized spacial score (nSPS) is 11.9. The van der Waals surface area contributed by atoms with E-state index in [1.807, 2.05) is 0 Å². The fourth-order valence-electron chi connectivity index (χ4n) is 1.45. The van der Waals surface area contributed by atoms with Crippen molar-refractivity contribution in [2.75, 3.05) is 10.6 Å². The number of amides is 1. The van der Waals surface area contributed by atoms with Crippen LogP contribution in [0.2, 0.25) is 10.0 Å².